The number of thiazole rings is 1. The van der Waals surface area contributed by atoms with Crippen molar-refractivity contribution in [3.8, 4) is 5.75 Å². The second-order valence-corrected chi connectivity index (χ2v) is 7.78. The minimum atomic E-state index is -0.00106. The molecule has 5 nitrogen and oxygen atoms in total. The fourth-order valence-electron chi connectivity index (χ4n) is 2.41. The van der Waals surface area contributed by atoms with E-state index in [4.69, 9.17) is 27.9 Å². The van der Waals surface area contributed by atoms with Crippen LogP contribution in [-0.2, 0) is 6.61 Å². The van der Waals surface area contributed by atoms with Crippen LogP contribution in [0.1, 0.15) is 33.4 Å². The van der Waals surface area contributed by atoms with E-state index < -0.39 is 0 Å². The Labute approximate surface area is 177 Å². The van der Waals surface area contributed by atoms with Crippen LogP contribution in [0.25, 0.3) is 0 Å². The molecule has 2 aromatic carbocycles. The number of carbonyl (C=O) groups excluding carboxylic acids is 1. The van der Waals surface area contributed by atoms with E-state index in [1.807, 2.05) is 30.3 Å². The topological polar surface area (TPSA) is 63.6 Å². The number of nitrogens with one attached hydrogen (secondary N) is 1. The Balaban J connectivity index is 1.61. The van der Waals surface area contributed by atoms with Crippen LogP contribution in [0, 0.1) is 6.92 Å². The van der Waals surface area contributed by atoms with Crippen molar-refractivity contribution in [1.29, 1.82) is 0 Å². The van der Waals surface area contributed by atoms with Crippen molar-refractivity contribution < 1.29 is 9.53 Å². The summed E-state index contributed by atoms with van der Waals surface area (Å²) in [6.45, 7) is 3.70. The summed E-state index contributed by atoms with van der Waals surface area (Å²) in [5, 5.41) is 5.77. The van der Waals surface area contributed by atoms with E-state index >= 15 is 0 Å². The minimum Gasteiger partial charge on any atom is -0.489 e. The molecule has 0 spiro atoms. The number of ketones is 1. The van der Waals surface area contributed by atoms with Crippen molar-refractivity contribution in [2.45, 2.75) is 20.5 Å². The molecule has 8 heteroatoms. The SMILES string of the molecule is CC(=O)c1sc(N/N=C/c2cccc(OCc3ccc(Cl)c(Cl)c3)c2)nc1C. The van der Waals surface area contributed by atoms with Gasteiger partial charge in [0.05, 0.1) is 26.8 Å². The quantitative estimate of drug-likeness (QED) is 0.282. The van der Waals surface area contributed by atoms with Crippen LogP contribution in [0.2, 0.25) is 10.0 Å². The maximum atomic E-state index is 11.5. The van der Waals surface area contributed by atoms with Gasteiger partial charge in [-0.3, -0.25) is 10.2 Å². The molecule has 0 fully saturated rings. The highest BCUT2D eigenvalue weighted by Crippen LogP contribution is 2.24. The number of halogens is 2. The molecule has 28 heavy (non-hydrogen) atoms. The van der Waals surface area contributed by atoms with E-state index in [9.17, 15) is 4.79 Å². The Morgan fingerprint density at radius 2 is 2.07 bits per heavy atom. The number of carbonyl (C=O) groups is 1. The third kappa shape index (κ3) is 5.32. The summed E-state index contributed by atoms with van der Waals surface area (Å²) < 4.78 is 5.81. The van der Waals surface area contributed by atoms with Crippen molar-refractivity contribution >= 4 is 51.7 Å². The average Bonchev–Trinajstić information content (AvgIpc) is 3.04. The van der Waals surface area contributed by atoms with Crippen LogP contribution in [0.3, 0.4) is 0 Å². The molecule has 0 bridgehead atoms. The van der Waals surface area contributed by atoms with Gasteiger partial charge in [0.25, 0.3) is 0 Å². The second kappa shape index (κ2) is 9.19. The molecule has 0 saturated carbocycles. The first-order valence-electron chi connectivity index (χ1n) is 8.36. The monoisotopic (exact) mass is 433 g/mol. The number of hydrogen-bond donors (Lipinski definition) is 1. The predicted octanol–water partition coefficient (Wildman–Crippen LogP) is 5.99. The number of aromatic nitrogens is 1. The number of rotatable bonds is 7. The highest BCUT2D eigenvalue weighted by Gasteiger charge is 2.10. The zero-order valence-electron chi connectivity index (χ0n) is 15.2. The van der Waals surface area contributed by atoms with Crippen molar-refractivity contribution in [3.05, 3.63) is 74.2 Å². The number of nitrogens with zero attached hydrogens (tertiary/aromatic N) is 2. The molecule has 3 rings (SSSR count). The van der Waals surface area contributed by atoms with E-state index in [2.05, 4.69) is 15.5 Å². The highest BCUT2D eigenvalue weighted by atomic mass is 35.5. The van der Waals surface area contributed by atoms with Gasteiger partial charge in [0.15, 0.2) is 5.78 Å². The average molecular weight is 434 g/mol. The summed E-state index contributed by atoms with van der Waals surface area (Å²) in [4.78, 5) is 16.4. The molecule has 0 saturated heterocycles. The number of hydrazone groups is 1. The molecule has 0 atom stereocenters. The van der Waals surface area contributed by atoms with Crippen molar-refractivity contribution in [2.24, 2.45) is 5.10 Å². The zero-order chi connectivity index (χ0) is 20.1. The van der Waals surface area contributed by atoms with Crippen LogP contribution >= 0.6 is 34.5 Å². The summed E-state index contributed by atoms with van der Waals surface area (Å²) in [5.41, 5.74) is 5.34. The molecule has 3 aromatic rings. The molecule has 144 valence electrons. The number of anilines is 1. The van der Waals surface area contributed by atoms with Crippen molar-refractivity contribution in [1.82, 2.24) is 4.98 Å². The summed E-state index contributed by atoms with van der Waals surface area (Å²) in [6, 6.07) is 12.9. The lowest BCUT2D eigenvalue weighted by molar-refractivity contribution is 0.102. The number of ether oxygens (including phenoxy) is 1. The third-order valence-electron chi connectivity index (χ3n) is 3.74. The first-order valence-corrected chi connectivity index (χ1v) is 9.94. The molecule has 0 aliphatic rings. The number of aryl methyl sites for hydroxylation is 1. The van der Waals surface area contributed by atoms with E-state index in [0.717, 1.165) is 11.1 Å². The molecule has 0 aliphatic carbocycles. The van der Waals surface area contributed by atoms with E-state index in [1.54, 1.807) is 25.3 Å². The Morgan fingerprint density at radius 1 is 1.25 bits per heavy atom. The first kappa shape index (κ1) is 20.3. The summed E-state index contributed by atoms with van der Waals surface area (Å²) in [5.74, 6) is 0.706. The maximum absolute atomic E-state index is 11.5. The number of hydrogen-bond acceptors (Lipinski definition) is 6. The Bertz CT molecular complexity index is 1030. The van der Waals surface area contributed by atoms with Crippen LogP contribution in [-0.4, -0.2) is 17.0 Å². The van der Waals surface area contributed by atoms with Crippen LogP contribution in [0.15, 0.2) is 47.6 Å². The van der Waals surface area contributed by atoms with Gasteiger partial charge in [-0.2, -0.15) is 5.10 Å². The van der Waals surface area contributed by atoms with Gasteiger partial charge in [-0.05, 0) is 42.3 Å². The summed E-state index contributed by atoms with van der Waals surface area (Å²) >= 11 is 13.2. The molecule has 1 aromatic heterocycles. The van der Waals surface area contributed by atoms with Crippen LogP contribution < -0.4 is 10.2 Å². The molecule has 0 aliphatic heterocycles. The van der Waals surface area contributed by atoms with Gasteiger partial charge in [0, 0.05) is 6.92 Å². The lowest BCUT2D eigenvalue weighted by Crippen LogP contribution is -1.96. The standard InChI is InChI=1S/C20H17Cl2N3O2S/c1-12-19(13(2)26)28-20(24-12)25-23-10-14-4-3-5-16(8-14)27-11-15-6-7-17(21)18(22)9-15/h3-10H,11H2,1-2H3,(H,24,25)/b23-10+. The van der Waals surface area contributed by atoms with Gasteiger partial charge in [0.2, 0.25) is 5.13 Å². The fraction of sp³-hybridized carbons (Fsp3) is 0.150. The van der Waals surface area contributed by atoms with Crippen molar-refractivity contribution in [2.75, 3.05) is 5.43 Å². The highest BCUT2D eigenvalue weighted by molar-refractivity contribution is 7.17. The molecular weight excluding hydrogens is 417 g/mol. The van der Waals surface area contributed by atoms with Gasteiger partial charge < -0.3 is 4.74 Å². The Hall–Kier alpha value is -2.41. The molecular formula is C20H17Cl2N3O2S. The molecule has 1 N–H and O–H groups in total. The normalized spacial score (nSPS) is 11.0. The number of Topliss-reactive ketones (excluding diaryl/α,β-unsaturated/α-hetero) is 1. The predicted molar refractivity (Wildman–Crippen MR) is 115 cm³/mol. The van der Waals surface area contributed by atoms with Gasteiger partial charge in [-0.15, -0.1) is 0 Å². The first-order chi connectivity index (χ1) is 13.4. The van der Waals surface area contributed by atoms with E-state index in [0.29, 0.717) is 38.1 Å². The maximum Gasteiger partial charge on any atom is 0.204 e. The molecule has 0 radical (unpaired) electrons. The van der Waals surface area contributed by atoms with Gasteiger partial charge in [-0.1, -0.05) is 52.7 Å². The smallest absolute Gasteiger partial charge is 0.204 e. The molecule has 0 amide bonds. The minimum absolute atomic E-state index is 0.00106. The van der Waals surface area contributed by atoms with Crippen LogP contribution in [0.5, 0.6) is 5.75 Å². The van der Waals surface area contributed by atoms with Gasteiger partial charge >= 0.3 is 0 Å². The van der Waals surface area contributed by atoms with Crippen LogP contribution in [0.4, 0.5) is 5.13 Å². The van der Waals surface area contributed by atoms with E-state index in [1.165, 1.54) is 18.3 Å². The summed E-state index contributed by atoms with van der Waals surface area (Å²) in [6.07, 6.45) is 1.66. The Kier molecular flexibility index (Phi) is 6.67. The van der Waals surface area contributed by atoms with Gasteiger partial charge in [0.1, 0.15) is 12.4 Å². The van der Waals surface area contributed by atoms with Gasteiger partial charge in [-0.25, -0.2) is 4.98 Å². The fourth-order valence-corrected chi connectivity index (χ4v) is 3.55. The zero-order valence-corrected chi connectivity index (χ0v) is 17.5. The summed E-state index contributed by atoms with van der Waals surface area (Å²) in [7, 11) is 0. The Morgan fingerprint density at radius 3 is 2.79 bits per heavy atom. The largest absolute Gasteiger partial charge is 0.489 e. The lowest BCUT2D eigenvalue weighted by atomic mass is 10.2. The van der Waals surface area contributed by atoms with E-state index in [-0.39, 0.29) is 5.78 Å². The number of benzene rings is 2. The lowest BCUT2D eigenvalue weighted by Gasteiger charge is -2.07. The second-order valence-electron chi connectivity index (χ2n) is 5.97. The molecule has 0 unspecified atom stereocenters. The third-order valence-corrected chi connectivity index (χ3v) is 5.64. The van der Waals surface area contributed by atoms with Crippen molar-refractivity contribution in [3.63, 3.8) is 0 Å². The molecule has 1 heterocycles.